The zero-order valence-corrected chi connectivity index (χ0v) is 16.1. The van der Waals surface area contributed by atoms with Crippen LogP contribution in [0.3, 0.4) is 0 Å². The minimum absolute atomic E-state index is 0.133. The summed E-state index contributed by atoms with van der Waals surface area (Å²) in [6.45, 7) is 2.38. The van der Waals surface area contributed by atoms with E-state index in [0.717, 1.165) is 5.56 Å². The Labute approximate surface area is 166 Å². The Bertz CT molecular complexity index is 984. The van der Waals surface area contributed by atoms with E-state index in [1.54, 1.807) is 37.5 Å². The lowest BCUT2D eigenvalue weighted by Gasteiger charge is -2.09. The summed E-state index contributed by atoms with van der Waals surface area (Å²) < 4.78 is 10.8. The van der Waals surface area contributed by atoms with Crippen molar-refractivity contribution >= 4 is 40.6 Å². The number of ether oxygens (including phenoxy) is 2. The molecule has 28 heavy (non-hydrogen) atoms. The van der Waals surface area contributed by atoms with Gasteiger partial charge in [-0.05, 0) is 60.7 Å². The minimum atomic E-state index is -1.03. The maximum atomic E-state index is 12.3. The van der Waals surface area contributed by atoms with Crippen molar-refractivity contribution in [1.29, 1.82) is 0 Å². The number of nitrogens with one attached hydrogen (secondary N) is 1. The number of rotatable bonds is 6. The third kappa shape index (κ3) is 4.52. The number of thioether (sulfide) groups is 1. The number of carbonyl (C=O) groups is 2. The summed E-state index contributed by atoms with van der Waals surface area (Å²) in [6.07, 6.45) is 1.73. The van der Waals surface area contributed by atoms with E-state index in [9.17, 15) is 9.59 Å². The number of carbonyl (C=O) groups excluding carboxylic acids is 1. The van der Waals surface area contributed by atoms with Crippen LogP contribution >= 0.6 is 11.8 Å². The maximum Gasteiger partial charge on any atom is 0.335 e. The van der Waals surface area contributed by atoms with Gasteiger partial charge in [-0.25, -0.2) is 9.79 Å². The van der Waals surface area contributed by atoms with E-state index in [2.05, 4.69) is 10.3 Å². The van der Waals surface area contributed by atoms with Crippen molar-refractivity contribution in [2.75, 3.05) is 13.7 Å². The molecule has 3 rings (SSSR count). The second-order valence-corrected chi connectivity index (χ2v) is 6.71. The Morgan fingerprint density at radius 3 is 2.79 bits per heavy atom. The largest absolute Gasteiger partial charge is 0.493 e. The fraction of sp³-hybridized carbons (Fsp3) is 0.150. The smallest absolute Gasteiger partial charge is 0.335 e. The number of hydrogen-bond donors (Lipinski definition) is 2. The molecule has 7 nitrogen and oxygen atoms in total. The molecular weight excluding hydrogens is 380 g/mol. The number of carboxylic acid groups (broad SMARTS) is 1. The first-order chi connectivity index (χ1) is 13.5. The Morgan fingerprint density at radius 1 is 1.25 bits per heavy atom. The summed E-state index contributed by atoms with van der Waals surface area (Å²) in [5.41, 5.74) is 1.37. The van der Waals surface area contributed by atoms with Gasteiger partial charge >= 0.3 is 5.97 Å². The van der Waals surface area contributed by atoms with E-state index in [1.165, 1.54) is 23.9 Å². The topological polar surface area (TPSA) is 97.2 Å². The lowest BCUT2D eigenvalue weighted by atomic mass is 10.2. The van der Waals surface area contributed by atoms with E-state index in [-0.39, 0.29) is 11.5 Å². The minimum Gasteiger partial charge on any atom is -0.493 e. The number of carboxylic acids is 1. The van der Waals surface area contributed by atoms with E-state index in [0.29, 0.717) is 33.9 Å². The second-order valence-electron chi connectivity index (χ2n) is 5.68. The van der Waals surface area contributed by atoms with Crippen molar-refractivity contribution in [2.24, 2.45) is 4.99 Å². The average molecular weight is 398 g/mol. The Hall–Kier alpha value is -3.26. The maximum absolute atomic E-state index is 12.3. The van der Waals surface area contributed by atoms with Gasteiger partial charge in [0.05, 0.1) is 29.9 Å². The van der Waals surface area contributed by atoms with Crippen LogP contribution in [0, 0.1) is 0 Å². The molecule has 0 radical (unpaired) electrons. The van der Waals surface area contributed by atoms with Gasteiger partial charge in [-0.15, -0.1) is 0 Å². The number of hydrogen-bond acceptors (Lipinski definition) is 6. The third-order valence-electron chi connectivity index (χ3n) is 3.76. The van der Waals surface area contributed by atoms with Gasteiger partial charge in [-0.3, -0.25) is 4.79 Å². The molecule has 1 amide bonds. The van der Waals surface area contributed by atoms with E-state index in [4.69, 9.17) is 14.6 Å². The monoisotopic (exact) mass is 398 g/mol. The molecule has 0 spiro atoms. The summed E-state index contributed by atoms with van der Waals surface area (Å²) >= 11 is 1.18. The van der Waals surface area contributed by atoms with Crippen LogP contribution in [0.4, 0.5) is 5.69 Å². The van der Waals surface area contributed by atoms with E-state index in [1.807, 2.05) is 13.0 Å². The predicted octanol–water partition coefficient (Wildman–Crippen LogP) is 3.68. The highest BCUT2D eigenvalue weighted by atomic mass is 32.2. The molecule has 1 saturated heterocycles. The number of methoxy groups -OCH3 is 1. The average Bonchev–Trinajstić information content (AvgIpc) is 3.01. The molecule has 0 saturated carbocycles. The van der Waals surface area contributed by atoms with E-state index >= 15 is 0 Å². The van der Waals surface area contributed by atoms with Gasteiger partial charge in [-0.1, -0.05) is 12.1 Å². The summed E-state index contributed by atoms with van der Waals surface area (Å²) in [5, 5.41) is 12.1. The summed E-state index contributed by atoms with van der Waals surface area (Å²) in [4.78, 5) is 28.1. The van der Waals surface area contributed by atoms with Crippen molar-refractivity contribution in [2.45, 2.75) is 6.92 Å². The van der Waals surface area contributed by atoms with Crippen LogP contribution in [0.5, 0.6) is 11.5 Å². The van der Waals surface area contributed by atoms with Crippen LogP contribution < -0.4 is 14.8 Å². The zero-order chi connectivity index (χ0) is 20.1. The Balaban J connectivity index is 1.83. The summed E-state index contributed by atoms with van der Waals surface area (Å²) in [6, 6.07) is 11.6. The third-order valence-corrected chi connectivity index (χ3v) is 4.67. The van der Waals surface area contributed by atoms with Crippen LogP contribution in [0.1, 0.15) is 22.8 Å². The fourth-order valence-electron chi connectivity index (χ4n) is 2.51. The van der Waals surface area contributed by atoms with Gasteiger partial charge < -0.3 is 19.9 Å². The van der Waals surface area contributed by atoms with E-state index < -0.39 is 5.97 Å². The van der Waals surface area contributed by atoms with Crippen LogP contribution in [0.25, 0.3) is 6.08 Å². The van der Waals surface area contributed by atoms with Crippen LogP contribution in [-0.4, -0.2) is 35.9 Å². The molecule has 0 unspecified atom stereocenters. The molecular formula is C20H18N2O5S. The SMILES string of the molecule is CCOc1cc(C=C2SC(=Nc3cccc(C(=O)O)c3)NC2=O)ccc1OC. The number of amidine groups is 1. The molecule has 2 N–H and O–H groups in total. The van der Waals surface area contributed by atoms with Crippen molar-refractivity contribution in [3.63, 3.8) is 0 Å². The molecule has 0 aromatic heterocycles. The molecule has 0 atom stereocenters. The highest BCUT2D eigenvalue weighted by molar-refractivity contribution is 8.18. The van der Waals surface area contributed by atoms with Crippen LogP contribution in [0.15, 0.2) is 52.4 Å². The lowest BCUT2D eigenvalue weighted by molar-refractivity contribution is -0.115. The molecule has 1 heterocycles. The lowest BCUT2D eigenvalue weighted by Crippen LogP contribution is -2.19. The molecule has 1 fully saturated rings. The number of benzene rings is 2. The summed E-state index contributed by atoms with van der Waals surface area (Å²) in [7, 11) is 1.57. The normalized spacial score (nSPS) is 16.3. The quantitative estimate of drug-likeness (QED) is 0.721. The summed E-state index contributed by atoms with van der Waals surface area (Å²) in [5.74, 6) is -0.0857. The molecule has 8 heteroatoms. The number of aromatic carboxylic acids is 1. The van der Waals surface area contributed by atoms with Crippen molar-refractivity contribution < 1.29 is 24.2 Å². The first kappa shape index (κ1) is 19.5. The molecule has 2 aromatic rings. The molecule has 1 aliphatic rings. The fourth-order valence-corrected chi connectivity index (χ4v) is 3.35. The van der Waals surface area contributed by atoms with Gasteiger partial charge in [0.25, 0.3) is 5.91 Å². The zero-order valence-electron chi connectivity index (χ0n) is 15.3. The highest BCUT2D eigenvalue weighted by Crippen LogP contribution is 2.32. The van der Waals surface area contributed by atoms with Crippen LogP contribution in [0.2, 0.25) is 0 Å². The Kier molecular flexibility index (Phi) is 6.00. The molecule has 1 aliphatic heterocycles. The van der Waals surface area contributed by atoms with Crippen molar-refractivity contribution in [3.8, 4) is 11.5 Å². The number of amides is 1. The van der Waals surface area contributed by atoms with Gasteiger partial charge in [0.15, 0.2) is 16.7 Å². The van der Waals surface area contributed by atoms with Gasteiger partial charge in [0.1, 0.15) is 0 Å². The van der Waals surface area contributed by atoms with Crippen molar-refractivity contribution in [3.05, 3.63) is 58.5 Å². The van der Waals surface area contributed by atoms with Gasteiger partial charge in [-0.2, -0.15) is 0 Å². The number of aliphatic imine (C=N–C) groups is 1. The predicted molar refractivity (Wildman–Crippen MR) is 108 cm³/mol. The van der Waals surface area contributed by atoms with Gasteiger partial charge in [0.2, 0.25) is 0 Å². The molecule has 144 valence electrons. The molecule has 0 aliphatic carbocycles. The first-order valence-corrected chi connectivity index (χ1v) is 9.25. The number of nitrogens with zero attached hydrogens (tertiary/aromatic N) is 1. The molecule has 2 aromatic carbocycles. The second kappa shape index (κ2) is 8.62. The van der Waals surface area contributed by atoms with Crippen molar-refractivity contribution in [1.82, 2.24) is 5.32 Å². The van der Waals surface area contributed by atoms with Gasteiger partial charge in [0, 0.05) is 0 Å². The Morgan fingerprint density at radius 2 is 2.07 bits per heavy atom. The molecule has 0 bridgehead atoms. The highest BCUT2D eigenvalue weighted by Gasteiger charge is 2.24. The standard InChI is InChI=1S/C20H18N2O5S/c1-3-27-16-9-12(7-8-15(16)26-2)10-17-18(23)22-20(28-17)21-14-6-4-5-13(11-14)19(24)25/h4-11H,3H2,1-2H3,(H,24,25)(H,21,22,23). The van der Waals surface area contributed by atoms with Crippen LogP contribution in [-0.2, 0) is 4.79 Å². The first-order valence-electron chi connectivity index (χ1n) is 8.44.